The Hall–Kier alpha value is -0.540. The van der Waals surface area contributed by atoms with Gasteiger partial charge >= 0.3 is 0 Å². The van der Waals surface area contributed by atoms with E-state index in [1.54, 1.807) is 6.20 Å². The molecule has 1 unspecified atom stereocenters. The zero-order valence-corrected chi connectivity index (χ0v) is 11.4. The normalized spacial score (nSPS) is 14.1. The SMILES string of the molecule is CCCn1ncc(Cl)c1C(N)CC(C)(C)C. The summed E-state index contributed by atoms with van der Waals surface area (Å²) in [5.74, 6) is 0. The molecular formula is C12H22ClN3. The Kier molecular flexibility index (Phi) is 4.39. The van der Waals surface area contributed by atoms with Crippen LogP contribution in [0.3, 0.4) is 0 Å². The fraction of sp³-hybridized carbons (Fsp3) is 0.750. The van der Waals surface area contributed by atoms with Gasteiger partial charge in [-0.25, -0.2) is 0 Å². The molecule has 0 spiro atoms. The van der Waals surface area contributed by atoms with Gasteiger partial charge in [-0.15, -0.1) is 0 Å². The van der Waals surface area contributed by atoms with Crippen molar-refractivity contribution in [2.45, 2.75) is 53.1 Å². The highest BCUT2D eigenvalue weighted by Gasteiger charge is 2.22. The lowest BCUT2D eigenvalue weighted by Gasteiger charge is -2.24. The summed E-state index contributed by atoms with van der Waals surface area (Å²) < 4.78 is 1.93. The minimum Gasteiger partial charge on any atom is -0.323 e. The molecule has 4 heteroatoms. The smallest absolute Gasteiger partial charge is 0.0834 e. The van der Waals surface area contributed by atoms with E-state index in [0.717, 1.165) is 25.1 Å². The zero-order valence-electron chi connectivity index (χ0n) is 10.6. The van der Waals surface area contributed by atoms with Gasteiger partial charge in [-0.05, 0) is 18.3 Å². The van der Waals surface area contributed by atoms with Crippen LogP contribution in [-0.2, 0) is 6.54 Å². The first-order valence-electron chi connectivity index (χ1n) is 5.82. The summed E-state index contributed by atoms with van der Waals surface area (Å²) in [6.45, 7) is 9.54. The molecule has 16 heavy (non-hydrogen) atoms. The van der Waals surface area contributed by atoms with Crippen LogP contribution in [0.5, 0.6) is 0 Å². The molecule has 0 aliphatic rings. The van der Waals surface area contributed by atoms with Crippen molar-refractivity contribution >= 4 is 11.6 Å². The third-order valence-electron chi connectivity index (χ3n) is 2.45. The van der Waals surface area contributed by atoms with Crippen molar-refractivity contribution in [2.75, 3.05) is 0 Å². The Morgan fingerprint density at radius 2 is 2.12 bits per heavy atom. The summed E-state index contributed by atoms with van der Waals surface area (Å²) in [4.78, 5) is 0. The Balaban J connectivity index is 2.88. The van der Waals surface area contributed by atoms with Crippen molar-refractivity contribution in [1.29, 1.82) is 0 Å². The third-order valence-corrected chi connectivity index (χ3v) is 2.74. The van der Waals surface area contributed by atoms with Gasteiger partial charge in [-0.1, -0.05) is 39.3 Å². The molecule has 1 atom stereocenters. The van der Waals surface area contributed by atoms with Gasteiger partial charge in [0.05, 0.1) is 16.9 Å². The van der Waals surface area contributed by atoms with Crippen molar-refractivity contribution in [3.8, 4) is 0 Å². The topological polar surface area (TPSA) is 43.8 Å². The average molecular weight is 244 g/mol. The Morgan fingerprint density at radius 3 is 2.62 bits per heavy atom. The second-order valence-corrected chi connectivity index (χ2v) is 5.88. The summed E-state index contributed by atoms with van der Waals surface area (Å²) in [5.41, 5.74) is 7.38. The minimum absolute atomic E-state index is 0.0402. The van der Waals surface area contributed by atoms with Gasteiger partial charge in [0.1, 0.15) is 0 Å². The second-order valence-electron chi connectivity index (χ2n) is 5.47. The van der Waals surface area contributed by atoms with E-state index in [0.29, 0.717) is 5.02 Å². The maximum Gasteiger partial charge on any atom is 0.0834 e. The summed E-state index contributed by atoms with van der Waals surface area (Å²) >= 11 is 6.14. The van der Waals surface area contributed by atoms with E-state index in [-0.39, 0.29) is 11.5 Å². The molecule has 92 valence electrons. The fourth-order valence-corrected chi connectivity index (χ4v) is 2.17. The number of aromatic nitrogens is 2. The van der Waals surface area contributed by atoms with Crippen LogP contribution in [0.2, 0.25) is 5.02 Å². The number of halogens is 1. The van der Waals surface area contributed by atoms with E-state index in [1.807, 2.05) is 4.68 Å². The summed E-state index contributed by atoms with van der Waals surface area (Å²) in [7, 11) is 0. The lowest BCUT2D eigenvalue weighted by atomic mass is 9.87. The Morgan fingerprint density at radius 1 is 1.50 bits per heavy atom. The maximum atomic E-state index is 6.21. The minimum atomic E-state index is -0.0402. The lowest BCUT2D eigenvalue weighted by Crippen LogP contribution is -2.22. The number of nitrogens with zero attached hydrogens (tertiary/aromatic N) is 2. The van der Waals surface area contributed by atoms with E-state index in [9.17, 15) is 0 Å². The summed E-state index contributed by atoms with van der Waals surface area (Å²) in [6.07, 6.45) is 3.63. The Bertz CT molecular complexity index is 339. The van der Waals surface area contributed by atoms with E-state index in [1.165, 1.54) is 0 Å². The molecule has 0 amide bonds. The molecule has 0 bridgehead atoms. The van der Waals surface area contributed by atoms with Crippen LogP contribution in [0.25, 0.3) is 0 Å². The molecule has 2 N–H and O–H groups in total. The highest BCUT2D eigenvalue weighted by atomic mass is 35.5. The standard InChI is InChI=1S/C12H22ClN3/c1-5-6-16-11(9(13)8-15-16)10(14)7-12(2,3)4/h8,10H,5-7,14H2,1-4H3. The van der Waals surface area contributed by atoms with Crippen molar-refractivity contribution in [3.05, 3.63) is 16.9 Å². The first-order chi connectivity index (χ1) is 7.35. The van der Waals surface area contributed by atoms with E-state index in [4.69, 9.17) is 17.3 Å². The third kappa shape index (κ3) is 3.49. The number of hydrogen-bond acceptors (Lipinski definition) is 2. The lowest BCUT2D eigenvalue weighted by molar-refractivity contribution is 0.333. The van der Waals surface area contributed by atoms with Crippen LogP contribution in [0.1, 0.15) is 52.3 Å². The number of rotatable bonds is 4. The predicted molar refractivity (Wildman–Crippen MR) is 68.5 cm³/mol. The summed E-state index contributed by atoms with van der Waals surface area (Å²) in [6, 6.07) is -0.0402. The number of nitrogens with two attached hydrogens (primary N) is 1. The van der Waals surface area contributed by atoms with E-state index in [2.05, 4.69) is 32.8 Å². The van der Waals surface area contributed by atoms with Crippen LogP contribution in [0, 0.1) is 5.41 Å². The first kappa shape index (κ1) is 13.5. The zero-order chi connectivity index (χ0) is 12.3. The van der Waals surface area contributed by atoms with Gasteiger partial charge in [-0.3, -0.25) is 4.68 Å². The molecule has 1 heterocycles. The fourth-order valence-electron chi connectivity index (χ4n) is 1.89. The second kappa shape index (κ2) is 5.19. The van der Waals surface area contributed by atoms with Crippen molar-refractivity contribution in [1.82, 2.24) is 9.78 Å². The van der Waals surface area contributed by atoms with Crippen LogP contribution >= 0.6 is 11.6 Å². The van der Waals surface area contributed by atoms with Gasteiger partial charge in [-0.2, -0.15) is 5.10 Å². The molecule has 0 aromatic carbocycles. The summed E-state index contributed by atoms with van der Waals surface area (Å²) in [5, 5.41) is 4.95. The molecule has 0 aliphatic heterocycles. The van der Waals surface area contributed by atoms with Crippen LogP contribution < -0.4 is 5.73 Å². The van der Waals surface area contributed by atoms with E-state index < -0.39 is 0 Å². The quantitative estimate of drug-likeness (QED) is 0.881. The molecule has 0 saturated heterocycles. The largest absolute Gasteiger partial charge is 0.323 e. The van der Waals surface area contributed by atoms with Crippen LogP contribution in [0.4, 0.5) is 0 Å². The molecule has 1 aromatic rings. The van der Waals surface area contributed by atoms with Gasteiger partial charge in [0.2, 0.25) is 0 Å². The monoisotopic (exact) mass is 243 g/mol. The molecule has 0 radical (unpaired) electrons. The van der Waals surface area contributed by atoms with Gasteiger partial charge < -0.3 is 5.73 Å². The molecule has 1 aromatic heterocycles. The van der Waals surface area contributed by atoms with Gasteiger partial charge in [0.15, 0.2) is 0 Å². The molecule has 1 rings (SSSR count). The van der Waals surface area contributed by atoms with E-state index >= 15 is 0 Å². The van der Waals surface area contributed by atoms with Gasteiger partial charge in [0.25, 0.3) is 0 Å². The maximum absolute atomic E-state index is 6.21. The van der Waals surface area contributed by atoms with Crippen LogP contribution in [-0.4, -0.2) is 9.78 Å². The first-order valence-corrected chi connectivity index (χ1v) is 6.19. The van der Waals surface area contributed by atoms with Crippen molar-refractivity contribution in [3.63, 3.8) is 0 Å². The molecule has 0 fully saturated rings. The number of aryl methyl sites for hydroxylation is 1. The predicted octanol–water partition coefficient (Wildman–Crippen LogP) is 3.38. The highest BCUT2D eigenvalue weighted by Crippen LogP contribution is 2.31. The highest BCUT2D eigenvalue weighted by molar-refractivity contribution is 6.31. The van der Waals surface area contributed by atoms with Crippen LogP contribution in [0.15, 0.2) is 6.20 Å². The molecule has 0 saturated carbocycles. The molecule has 3 nitrogen and oxygen atoms in total. The number of hydrogen-bond donors (Lipinski definition) is 1. The van der Waals surface area contributed by atoms with Crippen molar-refractivity contribution in [2.24, 2.45) is 11.1 Å². The average Bonchev–Trinajstić information content (AvgIpc) is 2.44. The molecule has 0 aliphatic carbocycles. The van der Waals surface area contributed by atoms with Gasteiger partial charge in [0, 0.05) is 12.6 Å². The molecular weight excluding hydrogens is 222 g/mol. The Labute approximate surface area is 103 Å². The van der Waals surface area contributed by atoms with Crippen molar-refractivity contribution < 1.29 is 0 Å².